The van der Waals surface area contributed by atoms with Crippen molar-refractivity contribution in [3.63, 3.8) is 0 Å². The van der Waals surface area contributed by atoms with Crippen LogP contribution in [0.3, 0.4) is 0 Å². The first kappa shape index (κ1) is 19.7. The predicted molar refractivity (Wildman–Crippen MR) is 96.7 cm³/mol. The number of hydrogen-bond acceptors (Lipinski definition) is 4. The van der Waals surface area contributed by atoms with Crippen molar-refractivity contribution in [3.05, 3.63) is 72.8 Å². The summed E-state index contributed by atoms with van der Waals surface area (Å²) in [5.41, 5.74) is 3.81. The average Bonchev–Trinajstić information content (AvgIpc) is 3.15. The molecule has 26 heavy (non-hydrogen) atoms. The van der Waals surface area contributed by atoms with Gasteiger partial charge < -0.3 is 19.1 Å². The summed E-state index contributed by atoms with van der Waals surface area (Å²) in [7, 11) is 0. The van der Waals surface area contributed by atoms with Gasteiger partial charge in [0.2, 0.25) is 0 Å². The minimum absolute atomic E-state index is 0. The molecule has 4 rings (SSSR count). The maximum absolute atomic E-state index is 10.0. The van der Waals surface area contributed by atoms with Gasteiger partial charge in [0.1, 0.15) is 0 Å². The molecule has 136 valence electrons. The van der Waals surface area contributed by atoms with Gasteiger partial charge in [0.05, 0.1) is 11.5 Å². The first-order chi connectivity index (χ1) is 12.1. The minimum Gasteiger partial charge on any atom is -0.519 e. The monoisotopic (exact) mass is 528 g/mol. The van der Waals surface area contributed by atoms with Crippen molar-refractivity contribution in [1.29, 1.82) is 0 Å². The summed E-state index contributed by atoms with van der Waals surface area (Å²) < 4.78 is 7.62. The molecule has 0 radical (unpaired) electrons. The Bertz CT molecular complexity index is 1040. The molecule has 0 bridgehead atoms. The second kappa shape index (κ2) is 8.63. The molecule has 0 aliphatic rings. The topological polar surface area (TPSA) is 68.3 Å². The molecule has 1 aromatic carbocycles. The van der Waals surface area contributed by atoms with Crippen LogP contribution in [-0.2, 0) is 25.9 Å². The molecule has 5 nitrogen and oxygen atoms in total. The molecular formula is C20H17N2O3Pt-. The third-order valence-corrected chi connectivity index (χ3v) is 3.48. The normalized spacial score (nSPS) is 10.9. The van der Waals surface area contributed by atoms with Gasteiger partial charge in [-0.1, -0.05) is 18.2 Å². The SMILES string of the molecule is CC(=O)/C=C(/C)O.[Pt].[c-]1coc2c1c1ncccc1n2-c1ccccc1. The van der Waals surface area contributed by atoms with E-state index in [1.807, 2.05) is 30.3 Å². The summed E-state index contributed by atoms with van der Waals surface area (Å²) in [5, 5.41) is 9.29. The van der Waals surface area contributed by atoms with E-state index in [0.29, 0.717) is 0 Å². The maximum Gasteiger partial charge on any atom is 0.155 e. The molecule has 0 saturated heterocycles. The van der Waals surface area contributed by atoms with Crippen LogP contribution < -0.4 is 0 Å². The van der Waals surface area contributed by atoms with Crippen LogP contribution in [-0.4, -0.2) is 20.4 Å². The summed E-state index contributed by atoms with van der Waals surface area (Å²) in [6.07, 6.45) is 4.54. The van der Waals surface area contributed by atoms with Crippen molar-refractivity contribution in [1.82, 2.24) is 9.55 Å². The third-order valence-electron chi connectivity index (χ3n) is 3.48. The number of carbonyl (C=O) groups is 1. The van der Waals surface area contributed by atoms with E-state index in [1.54, 1.807) is 12.5 Å². The molecule has 0 aliphatic carbocycles. The number of carbonyl (C=O) groups excluding carboxylic acids is 1. The number of furan rings is 1. The molecule has 3 aromatic heterocycles. The zero-order chi connectivity index (χ0) is 17.8. The minimum atomic E-state index is -0.125. The number of allylic oxidation sites excluding steroid dienone is 2. The molecule has 1 N–H and O–H groups in total. The Balaban J connectivity index is 0.000000265. The van der Waals surface area contributed by atoms with Gasteiger partial charge in [-0.2, -0.15) is 0 Å². The second-order valence-electron chi connectivity index (χ2n) is 5.50. The molecule has 3 heterocycles. The molecule has 0 spiro atoms. The van der Waals surface area contributed by atoms with Gasteiger partial charge in [0.15, 0.2) is 5.78 Å². The Kier molecular flexibility index (Phi) is 6.53. The van der Waals surface area contributed by atoms with Crippen LogP contribution in [0.25, 0.3) is 27.8 Å². The van der Waals surface area contributed by atoms with E-state index in [0.717, 1.165) is 27.8 Å². The molecule has 0 atom stereocenters. The van der Waals surface area contributed by atoms with E-state index in [2.05, 4.69) is 27.8 Å². The molecule has 0 unspecified atom stereocenters. The van der Waals surface area contributed by atoms with Gasteiger partial charge in [0, 0.05) is 50.8 Å². The molecule has 0 amide bonds. The Hall–Kier alpha value is -2.65. The molecule has 6 heteroatoms. The second-order valence-corrected chi connectivity index (χ2v) is 5.50. The molecule has 0 saturated carbocycles. The van der Waals surface area contributed by atoms with Crippen molar-refractivity contribution in [2.45, 2.75) is 13.8 Å². The van der Waals surface area contributed by atoms with Crippen molar-refractivity contribution in [2.24, 2.45) is 0 Å². The van der Waals surface area contributed by atoms with Crippen molar-refractivity contribution in [2.75, 3.05) is 0 Å². The molecule has 4 aromatic rings. The number of aromatic nitrogens is 2. The Labute approximate surface area is 165 Å². The summed E-state index contributed by atoms with van der Waals surface area (Å²) in [5.74, 6) is -0.0625. The van der Waals surface area contributed by atoms with Gasteiger partial charge in [-0.05, 0) is 43.6 Å². The quantitative estimate of drug-likeness (QED) is 0.235. The molecular weight excluding hydrogens is 511 g/mol. The Morgan fingerprint density at radius 2 is 1.92 bits per heavy atom. The van der Waals surface area contributed by atoms with Crippen LogP contribution in [0.1, 0.15) is 13.8 Å². The number of nitrogens with zero attached hydrogens (tertiary/aromatic N) is 2. The first-order valence-corrected chi connectivity index (χ1v) is 7.75. The average molecular weight is 528 g/mol. The van der Waals surface area contributed by atoms with E-state index in [-0.39, 0.29) is 32.6 Å². The Morgan fingerprint density at radius 1 is 1.19 bits per heavy atom. The largest absolute Gasteiger partial charge is 0.519 e. The standard InChI is InChI=1S/C15H9N2O.C5H8O2.Pt/c1-2-5-11(6-3-1)17-13-7-4-9-16-14(13)12-8-10-18-15(12)17;1-4(6)3-5(2)7;/h1-7,9-10H;3,6H,1-2H3;/q-1;;/b;4-3-;. The third kappa shape index (κ3) is 4.11. The maximum atomic E-state index is 10.0. The van der Waals surface area contributed by atoms with Crippen molar-refractivity contribution in [3.8, 4) is 5.69 Å². The fourth-order valence-electron chi connectivity index (χ4n) is 2.61. The number of aliphatic hydroxyl groups excluding tert-OH is 1. The van der Waals surface area contributed by atoms with Gasteiger partial charge in [-0.25, -0.2) is 0 Å². The number of benzene rings is 1. The van der Waals surface area contributed by atoms with E-state index in [4.69, 9.17) is 9.52 Å². The fourth-order valence-corrected chi connectivity index (χ4v) is 2.61. The number of rotatable bonds is 2. The van der Waals surface area contributed by atoms with Crippen LogP contribution in [0, 0.1) is 6.07 Å². The number of para-hydroxylation sites is 1. The number of fused-ring (bicyclic) bond motifs is 3. The predicted octanol–water partition coefficient (Wildman–Crippen LogP) is 4.61. The smallest absolute Gasteiger partial charge is 0.155 e. The van der Waals surface area contributed by atoms with E-state index in [9.17, 15) is 4.79 Å². The number of pyridine rings is 1. The van der Waals surface area contributed by atoms with Crippen LogP contribution >= 0.6 is 0 Å². The van der Waals surface area contributed by atoms with Crippen LogP contribution in [0.15, 0.2) is 71.2 Å². The summed E-state index contributed by atoms with van der Waals surface area (Å²) in [6, 6.07) is 17.2. The van der Waals surface area contributed by atoms with Gasteiger partial charge in [-0.15, -0.1) is 11.5 Å². The summed E-state index contributed by atoms with van der Waals surface area (Å²) in [4.78, 5) is 14.4. The van der Waals surface area contributed by atoms with E-state index >= 15 is 0 Å². The van der Waals surface area contributed by atoms with Gasteiger partial charge >= 0.3 is 0 Å². The van der Waals surface area contributed by atoms with Crippen LogP contribution in [0.2, 0.25) is 0 Å². The van der Waals surface area contributed by atoms with Crippen molar-refractivity contribution < 1.29 is 35.4 Å². The van der Waals surface area contributed by atoms with E-state index in [1.165, 1.54) is 19.9 Å². The van der Waals surface area contributed by atoms with Gasteiger partial charge in [-0.3, -0.25) is 4.79 Å². The van der Waals surface area contributed by atoms with Crippen LogP contribution in [0.5, 0.6) is 0 Å². The first-order valence-electron chi connectivity index (χ1n) is 7.75. The van der Waals surface area contributed by atoms with Gasteiger partial charge in [0.25, 0.3) is 0 Å². The van der Waals surface area contributed by atoms with Crippen LogP contribution in [0.4, 0.5) is 0 Å². The van der Waals surface area contributed by atoms with E-state index < -0.39 is 0 Å². The fraction of sp³-hybridized carbons (Fsp3) is 0.100. The number of ketones is 1. The number of aliphatic hydroxyl groups is 1. The zero-order valence-corrected chi connectivity index (χ0v) is 16.5. The zero-order valence-electron chi connectivity index (χ0n) is 14.2. The summed E-state index contributed by atoms with van der Waals surface area (Å²) >= 11 is 0. The molecule has 0 fully saturated rings. The molecule has 0 aliphatic heterocycles. The van der Waals surface area contributed by atoms with Crippen molar-refractivity contribution >= 4 is 27.9 Å². The summed E-state index contributed by atoms with van der Waals surface area (Å²) in [6.45, 7) is 2.85. The number of hydrogen-bond donors (Lipinski definition) is 1. The Morgan fingerprint density at radius 3 is 2.54 bits per heavy atom.